The second-order valence-corrected chi connectivity index (χ2v) is 10.2. The molecule has 0 spiro atoms. The highest BCUT2D eigenvalue weighted by Crippen LogP contribution is 2.28. The first-order chi connectivity index (χ1) is 20.2. The summed E-state index contributed by atoms with van der Waals surface area (Å²) in [5.41, 5.74) is 4.71. The van der Waals surface area contributed by atoms with Gasteiger partial charge in [0.05, 0.1) is 0 Å². The van der Waals surface area contributed by atoms with Crippen LogP contribution >= 0.6 is 0 Å². The molecule has 2 heterocycles. The molecule has 2 aliphatic rings. The van der Waals surface area contributed by atoms with Crippen molar-refractivity contribution < 1.29 is 28.7 Å². The van der Waals surface area contributed by atoms with Crippen LogP contribution in [0.1, 0.15) is 52.4 Å². The maximum atomic E-state index is 12.9. The molecule has 0 aromatic heterocycles. The Morgan fingerprint density at radius 3 is 2.31 bits per heavy atom. The van der Waals surface area contributed by atoms with E-state index in [4.69, 9.17) is 4.74 Å². The highest BCUT2D eigenvalue weighted by molar-refractivity contribution is 6.05. The van der Waals surface area contributed by atoms with Gasteiger partial charge < -0.3 is 25.6 Å². The number of benzene rings is 3. The summed E-state index contributed by atoms with van der Waals surface area (Å²) in [6, 6.07) is 19.1. The molecule has 3 aromatic carbocycles. The van der Waals surface area contributed by atoms with Crippen molar-refractivity contribution in [3.8, 4) is 5.75 Å². The normalized spacial score (nSPS) is 16.0. The molecule has 1 atom stereocenters. The minimum absolute atomic E-state index is 0.0720. The predicted octanol–water partition coefficient (Wildman–Crippen LogP) is 2.98. The number of amides is 6. The average molecular weight is 570 g/mol. The Morgan fingerprint density at radius 1 is 0.905 bits per heavy atom. The second-order valence-electron chi connectivity index (χ2n) is 10.2. The Bertz CT molecular complexity index is 1520. The largest absolute Gasteiger partial charge is 0.489 e. The van der Waals surface area contributed by atoms with Crippen LogP contribution in [-0.4, -0.2) is 40.6 Å². The molecule has 0 bridgehead atoms. The first-order valence-electron chi connectivity index (χ1n) is 13.6. The smallest absolute Gasteiger partial charge is 0.319 e. The lowest BCUT2D eigenvalue weighted by Crippen LogP contribution is -2.52. The van der Waals surface area contributed by atoms with Gasteiger partial charge in [-0.25, -0.2) is 4.79 Å². The van der Waals surface area contributed by atoms with Crippen LogP contribution in [0.4, 0.5) is 10.5 Å². The van der Waals surface area contributed by atoms with Crippen molar-refractivity contribution in [1.82, 2.24) is 20.9 Å². The maximum absolute atomic E-state index is 12.9. The number of rotatable bonds is 9. The van der Waals surface area contributed by atoms with Gasteiger partial charge >= 0.3 is 6.03 Å². The fourth-order valence-corrected chi connectivity index (χ4v) is 4.88. The van der Waals surface area contributed by atoms with E-state index in [0.29, 0.717) is 36.6 Å². The van der Waals surface area contributed by atoms with Crippen LogP contribution in [0.5, 0.6) is 5.75 Å². The summed E-state index contributed by atoms with van der Waals surface area (Å²) in [5.74, 6) is -0.424. The van der Waals surface area contributed by atoms with Gasteiger partial charge in [-0.3, -0.25) is 24.5 Å². The molecule has 42 heavy (non-hydrogen) atoms. The average Bonchev–Trinajstić information content (AvgIpc) is 3.30. The Labute approximate surface area is 242 Å². The monoisotopic (exact) mass is 569 g/mol. The molecule has 0 aliphatic carbocycles. The molecule has 0 radical (unpaired) electrons. The van der Waals surface area contributed by atoms with Gasteiger partial charge in [0.1, 0.15) is 18.4 Å². The number of nitrogens with one attached hydrogen (secondary N) is 4. The van der Waals surface area contributed by atoms with E-state index in [1.165, 1.54) is 11.8 Å². The summed E-state index contributed by atoms with van der Waals surface area (Å²) in [7, 11) is 0. The van der Waals surface area contributed by atoms with Gasteiger partial charge in [0.15, 0.2) is 0 Å². The molecule has 6 amide bonds. The molecule has 4 N–H and O–H groups in total. The number of ether oxygens (including phenoxy) is 1. The topological polar surface area (TPSA) is 146 Å². The van der Waals surface area contributed by atoms with Gasteiger partial charge in [0.25, 0.3) is 5.91 Å². The molecular weight excluding hydrogens is 538 g/mol. The molecule has 2 aliphatic heterocycles. The summed E-state index contributed by atoms with van der Waals surface area (Å²) in [6.45, 7) is 2.87. The van der Waals surface area contributed by atoms with E-state index in [0.717, 1.165) is 22.3 Å². The third kappa shape index (κ3) is 6.92. The molecule has 1 unspecified atom stereocenters. The van der Waals surface area contributed by atoms with E-state index in [1.54, 1.807) is 36.4 Å². The lowest BCUT2D eigenvalue weighted by molar-refractivity contribution is -0.137. The van der Waals surface area contributed by atoms with Crippen LogP contribution in [-0.2, 0) is 40.6 Å². The molecule has 5 rings (SSSR count). The zero-order valence-electron chi connectivity index (χ0n) is 23.1. The molecule has 11 nitrogen and oxygen atoms in total. The molecule has 11 heteroatoms. The number of carbonyl (C=O) groups excluding carboxylic acids is 5. The Hall–Kier alpha value is -5.19. The standard InChI is InChI=1S/C31H31N5O6/c1-19(37)32-15-20-2-4-21(5-3-20)18-42-25-9-7-24(8-10-25)34-31(41)33-16-22-6-11-26-23(14-22)17-36(30(26)40)27-12-13-28(38)35-29(27)39/h2-11,14,27H,12-13,15-18H2,1H3,(H,32,37)(H2,33,34,41)(H,35,38,39). The van der Waals surface area contributed by atoms with Crippen molar-refractivity contribution in [2.24, 2.45) is 0 Å². The maximum Gasteiger partial charge on any atom is 0.319 e. The minimum atomic E-state index is -0.666. The SMILES string of the molecule is CC(=O)NCc1ccc(COc2ccc(NC(=O)NCc3ccc4c(c3)CN(C3CCC(=O)NC3=O)C4=O)cc2)cc1. The van der Waals surface area contributed by atoms with Gasteiger partial charge in [-0.05, 0) is 59.0 Å². The fraction of sp³-hybridized carbons (Fsp3) is 0.258. The van der Waals surface area contributed by atoms with Crippen molar-refractivity contribution in [3.05, 3.63) is 94.5 Å². The van der Waals surface area contributed by atoms with Crippen molar-refractivity contribution in [2.75, 3.05) is 5.32 Å². The number of piperidine rings is 1. The van der Waals surface area contributed by atoms with E-state index in [9.17, 15) is 24.0 Å². The quantitative estimate of drug-likeness (QED) is 0.292. The number of anilines is 1. The molecule has 216 valence electrons. The number of carbonyl (C=O) groups is 5. The van der Waals surface area contributed by atoms with Crippen molar-refractivity contribution in [3.63, 3.8) is 0 Å². The van der Waals surface area contributed by atoms with E-state index in [-0.39, 0.29) is 43.3 Å². The van der Waals surface area contributed by atoms with Crippen LogP contribution in [0.15, 0.2) is 66.7 Å². The molecular formula is C31H31N5O6. The van der Waals surface area contributed by atoms with E-state index >= 15 is 0 Å². The second kappa shape index (κ2) is 12.5. The summed E-state index contributed by atoms with van der Waals surface area (Å²) < 4.78 is 5.83. The van der Waals surface area contributed by atoms with E-state index in [2.05, 4.69) is 21.3 Å². The number of nitrogens with zero attached hydrogens (tertiary/aromatic N) is 1. The lowest BCUT2D eigenvalue weighted by atomic mass is 10.0. The number of imide groups is 1. The van der Waals surface area contributed by atoms with Crippen molar-refractivity contribution >= 4 is 35.3 Å². The number of fused-ring (bicyclic) bond motifs is 1. The van der Waals surface area contributed by atoms with Crippen LogP contribution in [0.25, 0.3) is 0 Å². The highest BCUT2D eigenvalue weighted by Gasteiger charge is 2.39. The minimum Gasteiger partial charge on any atom is -0.489 e. The molecule has 1 saturated heterocycles. The van der Waals surface area contributed by atoms with Gasteiger partial charge in [-0.1, -0.05) is 36.4 Å². The van der Waals surface area contributed by atoms with Crippen molar-refractivity contribution in [2.45, 2.75) is 52.0 Å². The number of urea groups is 1. The molecule has 0 saturated carbocycles. The fourth-order valence-electron chi connectivity index (χ4n) is 4.88. The summed E-state index contributed by atoms with van der Waals surface area (Å²) >= 11 is 0. The van der Waals surface area contributed by atoms with Crippen LogP contribution in [0.3, 0.4) is 0 Å². The highest BCUT2D eigenvalue weighted by atomic mass is 16.5. The molecule has 1 fully saturated rings. The number of hydrogen-bond acceptors (Lipinski definition) is 6. The van der Waals surface area contributed by atoms with E-state index in [1.807, 2.05) is 30.3 Å². The first kappa shape index (κ1) is 28.3. The first-order valence-corrected chi connectivity index (χ1v) is 13.6. The third-order valence-electron chi connectivity index (χ3n) is 7.12. The summed E-state index contributed by atoms with van der Waals surface area (Å²) in [5, 5.41) is 10.7. The Balaban J connectivity index is 1.07. The van der Waals surface area contributed by atoms with Crippen LogP contribution < -0.4 is 26.0 Å². The van der Waals surface area contributed by atoms with Crippen LogP contribution in [0.2, 0.25) is 0 Å². The van der Waals surface area contributed by atoms with Gasteiger partial charge in [0.2, 0.25) is 17.7 Å². The third-order valence-corrected chi connectivity index (χ3v) is 7.12. The van der Waals surface area contributed by atoms with Gasteiger partial charge in [0, 0.05) is 44.2 Å². The van der Waals surface area contributed by atoms with Crippen LogP contribution in [0, 0.1) is 0 Å². The summed E-state index contributed by atoms with van der Waals surface area (Å²) in [4.78, 5) is 61.6. The zero-order valence-corrected chi connectivity index (χ0v) is 23.1. The Kier molecular flexibility index (Phi) is 8.47. The van der Waals surface area contributed by atoms with Crippen molar-refractivity contribution in [1.29, 1.82) is 0 Å². The van der Waals surface area contributed by atoms with E-state index < -0.39 is 11.9 Å². The zero-order chi connectivity index (χ0) is 29.6. The predicted molar refractivity (Wildman–Crippen MR) is 153 cm³/mol. The van der Waals surface area contributed by atoms with Gasteiger partial charge in [-0.2, -0.15) is 0 Å². The Morgan fingerprint density at radius 2 is 1.60 bits per heavy atom. The lowest BCUT2D eigenvalue weighted by Gasteiger charge is -2.29. The summed E-state index contributed by atoms with van der Waals surface area (Å²) in [6.07, 6.45) is 0.510. The molecule has 3 aromatic rings. The number of hydrogen-bond donors (Lipinski definition) is 4. The van der Waals surface area contributed by atoms with Gasteiger partial charge in [-0.15, -0.1) is 0 Å².